The van der Waals surface area contributed by atoms with Crippen LogP contribution in [0.25, 0.3) is 0 Å². The van der Waals surface area contributed by atoms with E-state index in [4.69, 9.17) is 14.2 Å². The fourth-order valence-electron chi connectivity index (χ4n) is 6.99. The Morgan fingerprint density at radius 2 is 1.54 bits per heavy atom. The molecule has 11 nitrogen and oxygen atoms in total. The van der Waals surface area contributed by atoms with Crippen LogP contribution in [0.5, 0.6) is 11.5 Å². The number of para-hydroxylation sites is 1. The van der Waals surface area contributed by atoms with Crippen molar-refractivity contribution in [1.82, 2.24) is 14.7 Å². The maximum atomic E-state index is 15.0. The Labute approximate surface area is 307 Å². The Morgan fingerprint density at radius 3 is 2.16 bits per heavy atom. The van der Waals surface area contributed by atoms with E-state index in [0.29, 0.717) is 43.7 Å². The standard InChI is InChI=1S/C36H44N4O7S.2ClH/c1-5-26-11-14-29(15-12-26)48(43,44)40-32-16-13-28(45-4)25-31(32)36(34(40)41,30-9-7-8-10-33(30)46-6-2)47-35(42)39-23-21-38(22-24-39)27-17-19-37(3)20-18-27;;/h7-16,25,27H,5-6,17-24H2,1-4H3;2*1H. The van der Waals surface area contributed by atoms with Gasteiger partial charge in [0, 0.05) is 37.8 Å². The van der Waals surface area contributed by atoms with Crippen molar-refractivity contribution >= 4 is 52.5 Å². The minimum Gasteiger partial charge on any atom is -0.497 e. The number of likely N-dealkylation sites (tertiary alicyclic amines) is 1. The summed E-state index contributed by atoms with van der Waals surface area (Å²) in [4.78, 5) is 35.6. The SMILES string of the molecule is CCOc1ccccc1C1(OC(=O)N2CCN(C3CCN(C)CC3)CC2)C(=O)N(S(=O)(=O)c2ccc(CC)cc2)c2ccc(OC)cc21.Cl.Cl. The van der Waals surface area contributed by atoms with E-state index < -0.39 is 27.6 Å². The van der Waals surface area contributed by atoms with Crippen LogP contribution in [-0.2, 0) is 31.6 Å². The highest BCUT2D eigenvalue weighted by molar-refractivity contribution is 7.93. The average Bonchev–Trinajstić information content (AvgIpc) is 3.36. The number of sulfonamides is 1. The number of anilines is 1. The summed E-state index contributed by atoms with van der Waals surface area (Å²) < 4.78 is 47.4. The molecular formula is C36H46Cl2N4O7S. The lowest BCUT2D eigenvalue weighted by atomic mass is 9.86. The van der Waals surface area contributed by atoms with Crippen molar-refractivity contribution in [3.05, 3.63) is 83.4 Å². The molecule has 0 bridgehead atoms. The predicted molar refractivity (Wildman–Crippen MR) is 197 cm³/mol. The quantitative estimate of drug-likeness (QED) is 0.287. The molecule has 0 aliphatic carbocycles. The molecule has 3 aromatic rings. The Balaban J connectivity index is 0.00000281. The highest BCUT2D eigenvalue weighted by Crippen LogP contribution is 2.52. The molecule has 272 valence electrons. The number of fused-ring (bicyclic) bond motifs is 1. The molecule has 1 unspecified atom stereocenters. The minimum atomic E-state index is -4.45. The van der Waals surface area contributed by atoms with Gasteiger partial charge in [-0.2, -0.15) is 4.31 Å². The van der Waals surface area contributed by atoms with Crippen molar-refractivity contribution in [3.63, 3.8) is 0 Å². The van der Waals surface area contributed by atoms with Crippen molar-refractivity contribution < 1.29 is 32.2 Å². The maximum absolute atomic E-state index is 15.0. The second-order valence-corrected chi connectivity index (χ2v) is 14.3. The number of carbonyl (C=O) groups is 2. The number of methoxy groups -OCH3 is 1. The third-order valence-electron chi connectivity index (χ3n) is 9.74. The monoisotopic (exact) mass is 748 g/mol. The largest absolute Gasteiger partial charge is 0.497 e. The molecule has 3 aliphatic rings. The normalized spacial score (nSPS) is 20.0. The second kappa shape index (κ2) is 16.2. The van der Waals surface area contributed by atoms with E-state index in [1.54, 1.807) is 53.4 Å². The van der Waals surface area contributed by atoms with Gasteiger partial charge in [-0.1, -0.05) is 37.3 Å². The molecule has 50 heavy (non-hydrogen) atoms. The van der Waals surface area contributed by atoms with E-state index in [9.17, 15) is 13.2 Å². The van der Waals surface area contributed by atoms with Gasteiger partial charge >= 0.3 is 6.09 Å². The zero-order chi connectivity index (χ0) is 34.1. The molecule has 0 aromatic heterocycles. The zero-order valence-electron chi connectivity index (χ0n) is 28.9. The van der Waals surface area contributed by atoms with E-state index in [-0.39, 0.29) is 53.1 Å². The fourth-order valence-corrected chi connectivity index (χ4v) is 8.44. The number of halogens is 2. The number of hydrogen-bond donors (Lipinski definition) is 0. The highest BCUT2D eigenvalue weighted by atomic mass is 35.5. The number of amides is 2. The molecule has 3 heterocycles. The summed E-state index contributed by atoms with van der Waals surface area (Å²) in [5.74, 6) is -0.265. The van der Waals surface area contributed by atoms with E-state index in [1.165, 1.54) is 25.3 Å². The molecule has 0 saturated carbocycles. The summed E-state index contributed by atoms with van der Waals surface area (Å²) in [6, 6.07) is 18.4. The van der Waals surface area contributed by atoms with Crippen LogP contribution in [0.4, 0.5) is 10.5 Å². The van der Waals surface area contributed by atoms with Crippen LogP contribution < -0.4 is 13.8 Å². The van der Waals surface area contributed by atoms with Gasteiger partial charge in [0.2, 0.25) is 5.60 Å². The van der Waals surface area contributed by atoms with Crippen molar-refractivity contribution in [3.8, 4) is 11.5 Å². The van der Waals surface area contributed by atoms with Crippen LogP contribution in [0.3, 0.4) is 0 Å². The van der Waals surface area contributed by atoms with Crippen LogP contribution in [0, 0.1) is 0 Å². The van der Waals surface area contributed by atoms with Gasteiger partial charge in [0.25, 0.3) is 15.9 Å². The molecule has 14 heteroatoms. The zero-order valence-corrected chi connectivity index (χ0v) is 31.3. The van der Waals surface area contributed by atoms with Crippen molar-refractivity contribution in [1.29, 1.82) is 0 Å². The molecule has 0 spiro atoms. The maximum Gasteiger partial charge on any atom is 0.411 e. The molecule has 0 radical (unpaired) electrons. The first-order valence-corrected chi connectivity index (χ1v) is 18.1. The number of hydrogen-bond acceptors (Lipinski definition) is 9. The van der Waals surface area contributed by atoms with E-state index in [0.717, 1.165) is 42.2 Å². The number of benzene rings is 3. The molecular weight excluding hydrogens is 703 g/mol. The molecule has 0 N–H and O–H groups in total. The Kier molecular flexibility index (Phi) is 12.7. The van der Waals surface area contributed by atoms with Crippen LogP contribution in [0.1, 0.15) is 43.4 Å². The van der Waals surface area contributed by atoms with Gasteiger partial charge in [-0.05, 0) is 88.3 Å². The van der Waals surface area contributed by atoms with Gasteiger partial charge in [0.05, 0.1) is 29.9 Å². The molecule has 3 aromatic carbocycles. The highest BCUT2D eigenvalue weighted by Gasteiger charge is 2.61. The van der Waals surface area contributed by atoms with Gasteiger partial charge < -0.3 is 24.0 Å². The Morgan fingerprint density at radius 1 is 0.880 bits per heavy atom. The van der Waals surface area contributed by atoms with E-state index in [2.05, 4.69) is 16.8 Å². The van der Waals surface area contributed by atoms with Crippen molar-refractivity contribution in [2.45, 2.75) is 49.6 Å². The molecule has 2 saturated heterocycles. The van der Waals surface area contributed by atoms with Crippen molar-refractivity contribution in [2.75, 3.05) is 64.3 Å². The van der Waals surface area contributed by atoms with Gasteiger partial charge in [-0.3, -0.25) is 9.69 Å². The lowest BCUT2D eigenvalue weighted by molar-refractivity contribution is -0.132. The summed E-state index contributed by atoms with van der Waals surface area (Å²) >= 11 is 0. The Hall–Kier alpha value is -3.55. The van der Waals surface area contributed by atoms with Crippen LogP contribution in [-0.4, -0.2) is 101 Å². The molecule has 2 amide bonds. The van der Waals surface area contributed by atoms with Crippen molar-refractivity contribution in [2.24, 2.45) is 0 Å². The summed E-state index contributed by atoms with van der Waals surface area (Å²) in [5, 5.41) is 0. The number of aryl methyl sites for hydroxylation is 1. The topological polar surface area (TPSA) is 109 Å². The average molecular weight is 750 g/mol. The van der Waals surface area contributed by atoms with E-state index in [1.807, 2.05) is 13.8 Å². The van der Waals surface area contributed by atoms with E-state index >= 15 is 4.79 Å². The molecule has 3 aliphatic heterocycles. The number of carbonyl (C=O) groups excluding carboxylic acids is 2. The lowest BCUT2D eigenvalue weighted by Crippen LogP contribution is -2.55. The van der Waals surface area contributed by atoms with Gasteiger partial charge in [0.1, 0.15) is 11.5 Å². The first kappa shape index (κ1) is 39.2. The minimum absolute atomic E-state index is 0. The third-order valence-corrected chi connectivity index (χ3v) is 11.5. The third kappa shape index (κ3) is 7.13. The first-order valence-electron chi connectivity index (χ1n) is 16.6. The number of piperazine rings is 1. The number of rotatable bonds is 9. The number of nitrogens with zero attached hydrogens (tertiary/aromatic N) is 4. The molecule has 6 rings (SSSR count). The summed E-state index contributed by atoms with van der Waals surface area (Å²) in [5.41, 5.74) is -0.758. The Bertz CT molecular complexity index is 1760. The summed E-state index contributed by atoms with van der Waals surface area (Å²) in [6.07, 6.45) is 2.18. The molecule has 2 fully saturated rings. The van der Waals surface area contributed by atoms with Gasteiger partial charge in [0.15, 0.2) is 0 Å². The van der Waals surface area contributed by atoms with Crippen LogP contribution in [0.2, 0.25) is 0 Å². The van der Waals surface area contributed by atoms with Crippen LogP contribution >= 0.6 is 24.8 Å². The second-order valence-electron chi connectivity index (χ2n) is 12.5. The smallest absolute Gasteiger partial charge is 0.411 e. The lowest BCUT2D eigenvalue weighted by Gasteiger charge is -2.42. The summed E-state index contributed by atoms with van der Waals surface area (Å²) in [6.45, 7) is 8.33. The molecule has 1 atom stereocenters. The number of piperidine rings is 1. The first-order chi connectivity index (χ1) is 23.1. The van der Waals surface area contributed by atoms with Crippen LogP contribution in [0.15, 0.2) is 71.6 Å². The fraction of sp³-hybridized carbons (Fsp3) is 0.444. The number of ether oxygens (including phenoxy) is 3. The summed E-state index contributed by atoms with van der Waals surface area (Å²) in [7, 11) is -0.832. The predicted octanol–water partition coefficient (Wildman–Crippen LogP) is 5.33. The van der Waals surface area contributed by atoms with Gasteiger partial charge in [-0.15, -0.1) is 24.8 Å². The van der Waals surface area contributed by atoms with Gasteiger partial charge in [-0.25, -0.2) is 13.2 Å².